The van der Waals surface area contributed by atoms with Crippen molar-refractivity contribution in [2.45, 2.75) is 26.3 Å². The quantitative estimate of drug-likeness (QED) is 0.503. The van der Waals surface area contributed by atoms with Crippen molar-refractivity contribution in [1.82, 2.24) is 25.1 Å². The molecule has 1 aliphatic heterocycles. The zero-order chi connectivity index (χ0) is 20.0. The van der Waals surface area contributed by atoms with Crippen molar-refractivity contribution in [3.8, 4) is 17.1 Å². The maximum absolute atomic E-state index is 6.24. The van der Waals surface area contributed by atoms with E-state index >= 15 is 0 Å². The number of aryl methyl sites for hydroxylation is 1. The van der Waals surface area contributed by atoms with E-state index in [1.807, 2.05) is 38.1 Å². The van der Waals surface area contributed by atoms with Gasteiger partial charge in [0, 0.05) is 23.2 Å². The molecular formula is C21H18ClN6O. The highest BCUT2D eigenvalue weighted by Crippen LogP contribution is 2.40. The van der Waals surface area contributed by atoms with Crippen LogP contribution in [0, 0.1) is 19.9 Å². The van der Waals surface area contributed by atoms with Crippen molar-refractivity contribution in [2.75, 3.05) is 11.4 Å². The van der Waals surface area contributed by atoms with E-state index in [4.69, 9.17) is 16.1 Å². The molecule has 145 valence electrons. The molecule has 1 atom stereocenters. The highest BCUT2D eigenvalue weighted by molar-refractivity contribution is 6.31. The second-order valence-electron chi connectivity index (χ2n) is 7.10. The summed E-state index contributed by atoms with van der Waals surface area (Å²) in [7, 11) is 0. The van der Waals surface area contributed by atoms with Gasteiger partial charge in [0.1, 0.15) is 11.7 Å². The summed E-state index contributed by atoms with van der Waals surface area (Å²) in [6.45, 7) is 4.88. The van der Waals surface area contributed by atoms with Gasteiger partial charge in [-0.15, -0.1) is 4.80 Å². The van der Waals surface area contributed by atoms with Gasteiger partial charge in [0.2, 0.25) is 11.7 Å². The van der Waals surface area contributed by atoms with Gasteiger partial charge in [-0.3, -0.25) is 0 Å². The van der Waals surface area contributed by atoms with Crippen LogP contribution < -0.4 is 4.90 Å². The molecule has 1 aliphatic rings. The average Bonchev–Trinajstić information content (AvgIpc) is 3.36. The second-order valence-corrected chi connectivity index (χ2v) is 7.50. The SMILES string of the molecule is Cc1c[c]c(-n2nccn2)c(N2CC[C@H]2c2nc(-c3cccc(Cl)c3C)no2)c1. The molecule has 0 unspecified atom stereocenters. The van der Waals surface area contributed by atoms with Crippen molar-refractivity contribution in [3.05, 3.63) is 70.8 Å². The van der Waals surface area contributed by atoms with Crippen LogP contribution in [0.3, 0.4) is 0 Å². The molecule has 0 amide bonds. The van der Waals surface area contributed by atoms with E-state index in [-0.39, 0.29) is 6.04 Å². The Morgan fingerprint density at radius 2 is 2.03 bits per heavy atom. The Bertz CT molecular complexity index is 1170. The van der Waals surface area contributed by atoms with Gasteiger partial charge >= 0.3 is 0 Å². The fourth-order valence-electron chi connectivity index (χ4n) is 3.55. The van der Waals surface area contributed by atoms with Crippen molar-refractivity contribution < 1.29 is 4.52 Å². The molecule has 0 spiro atoms. The summed E-state index contributed by atoms with van der Waals surface area (Å²) in [6.07, 6.45) is 4.24. The van der Waals surface area contributed by atoms with Gasteiger partial charge < -0.3 is 9.42 Å². The molecule has 1 radical (unpaired) electrons. The van der Waals surface area contributed by atoms with E-state index in [1.165, 1.54) is 0 Å². The van der Waals surface area contributed by atoms with E-state index in [2.05, 4.69) is 37.4 Å². The molecule has 2 aromatic heterocycles. The minimum atomic E-state index is 0.000234. The van der Waals surface area contributed by atoms with Crippen molar-refractivity contribution in [1.29, 1.82) is 0 Å². The van der Waals surface area contributed by atoms with Crippen LogP contribution in [0.25, 0.3) is 17.1 Å². The summed E-state index contributed by atoms with van der Waals surface area (Å²) in [5.41, 5.74) is 4.73. The molecule has 4 aromatic rings. The summed E-state index contributed by atoms with van der Waals surface area (Å²) in [6, 6.07) is 13.0. The Morgan fingerprint density at radius 3 is 2.79 bits per heavy atom. The van der Waals surface area contributed by atoms with E-state index in [1.54, 1.807) is 17.2 Å². The maximum Gasteiger partial charge on any atom is 0.249 e. The lowest BCUT2D eigenvalue weighted by atomic mass is 10.00. The van der Waals surface area contributed by atoms with Crippen LogP contribution in [0.15, 0.2) is 47.2 Å². The Balaban J connectivity index is 1.49. The number of aromatic nitrogens is 5. The molecule has 0 saturated carbocycles. The lowest BCUT2D eigenvalue weighted by molar-refractivity contribution is 0.309. The fourth-order valence-corrected chi connectivity index (χ4v) is 3.73. The number of halogens is 1. The molecular weight excluding hydrogens is 388 g/mol. The van der Waals surface area contributed by atoms with Gasteiger partial charge in [0.15, 0.2) is 0 Å². The highest BCUT2D eigenvalue weighted by Gasteiger charge is 2.36. The third-order valence-electron chi connectivity index (χ3n) is 5.23. The van der Waals surface area contributed by atoms with E-state index in [0.717, 1.165) is 41.0 Å². The highest BCUT2D eigenvalue weighted by atomic mass is 35.5. The van der Waals surface area contributed by atoms with E-state index in [9.17, 15) is 0 Å². The van der Waals surface area contributed by atoms with Gasteiger partial charge in [-0.2, -0.15) is 15.2 Å². The first-order valence-electron chi connectivity index (χ1n) is 9.36. The molecule has 8 heteroatoms. The number of benzene rings is 2. The largest absolute Gasteiger partial charge is 0.358 e. The first kappa shape index (κ1) is 17.9. The smallest absolute Gasteiger partial charge is 0.249 e. The Labute approximate surface area is 172 Å². The molecule has 2 aromatic carbocycles. The van der Waals surface area contributed by atoms with Crippen LogP contribution >= 0.6 is 11.6 Å². The predicted octanol–water partition coefficient (Wildman–Crippen LogP) is 4.34. The van der Waals surface area contributed by atoms with Gasteiger partial charge in [-0.1, -0.05) is 28.9 Å². The van der Waals surface area contributed by atoms with E-state index in [0.29, 0.717) is 16.7 Å². The van der Waals surface area contributed by atoms with Crippen LogP contribution in [0.1, 0.15) is 29.5 Å². The summed E-state index contributed by atoms with van der Waals surface area (Å²) < 4.78 is 5.64. The first-order chi connectivity index (χ1) is 14.1. The minimum Gasteiger partial charge on any atom is -0.358 e. The molecule has 0 bridgehead atoms. The summed E-state index contributed by atoms with van der Waals surface area (Å²) in [4.78, 5) is 8.48. The predicted molar refractivity (Wildman–Crippen MR) is 109 cm³/mol. The molecule has 5 rings (SSSR count). The number of hydrogen-bond donors (Lipinski definition) is 0. The first-order valence-corrected chi connectivity index (χ1v) is 9.74. The molecule has 1 saturated heterocycles. The van der Waals surface area contributed by atoms with Gasteiger partial charge in [-0.05, 0) is 49.6 Å². The van der Waals surface area contributed by atoms with Crippen molar-refractivity contribution in [3.63, 3.8) is 0 Å². The molecule has 3 heterocycles. The lowest BCUT2D eigenvalue weighted by Crippen LogP contribution is -2.41. The van der Waals surface area contributed by atoms with Crippen LogP contribution in [0.2, 0.25) is 5.02 Å². The Kier molecular flexibility index (Phi) is 4.32. The van der Waals surface area contributed by atoms with Gasteiger partial charge in [0.05, 0.1) is 18.1 Å². The van der Waals surface area contributed by atoms with Crippen LogP contribution in [-0.2, 0) is 0 Å². The number of nitrogens with zero attached hydrogens (tertiary/aromatic N) is 6. The minimum absolute atomic E-state index is 0.000234. The van der Waals surface area contributed by atoms with Crippen LogP contribution in [-0.4, -0.2) is 31.7 Å². The molecule has 0 N–H and O–H groups in total. The Morgan fingerprint density at radius 1 is 1.21 bits per heavy atom. The fraction of sp³-hybridized carbons (Fsp3) is 0.238. The summed E-state index contributed by atoms with van der Waals surface area (Å²) >= 11 is 6.24. The summed E-state index contributed by atoms with van der Waals surface area (Å²) in [5, 5.41) is 13.4. The van der Waals surface area contributed by atoms with Gasteiger partial charge in [-0.25, -0.2) is 0 Å². The van der Waals surface area contributed by atoms with Crippen LogP contribution in [0.5, 0.6) is 0 Å². The van der Waals surface area contributed by atoms with E-state index < -0.39 is 0 Å². The number of rotatable bonds is 4. The topological polar surface area (TPSA) is 72.9 Å². The van der Waals surface area contributed by atoms with Crippen molar-refractivity contribution in [2.24, 2.45) is 0 Å². The molecule has 0 aliphatic carbocycles. The van der Waals surface area contributed by atoms with Crippen LogP contribution in [0.4, 0.5) is 5.69 Å². The number of hydrogen-bond acceptors (Lipinski definition) is 6. The van der Waals surface area contributed by atoms with Gasteiger partial charge in [0.25, 0.3) is 0 Å². The summed E-state index contributed by atoms with van der Waals surface area (Å²) in [5.74, 6) is 1.14. The van der Waals surface area contributed by atoms with Crippen molar-refractivity contribution >= 4 is 17.3 Å². The monoisotopic (exact) mass is 405 g/mol. The molecule has 7 nitrogen and oxygen atoms in total. The average molecular weight is 406 g/mol. The Hall–Kier alpha value is -3.19. The third-order valence-corrected chi connectivity index (χ3v) is 5.64. The normalized spacial score (nSPS) is 16.1. The second kappa shape index (κ2) is 7.00. The maximum atomic E-state index is 6.24. The lowest BCUT2D eigenvalue weighted by Gasteiger charge is -2.41. The zero-order valence-corrected chi connectivity index (χ0v) is 16.8. The zero-order valence-electron chi connectivity index (χ0n) is 16.0. The third kappa shape index (κ3) is 3.07. The molecule has 1 fully saturated rings. The standard InChI is InChI=1S/C21H18ClN6O/c1-13-6-7-17(28-23-9-10-24-28)19(12-13)27-11-8-18(27)21-25-20(26-29-21)15-4-3-5-16(22)14(15)2/h3-6,9-10,12,18H,8,11H2,1-2H3/t18-/m0/s1. The molecule has 29 heavy (non-hydrogen) atoms. The number of anilines is 1.